The molecule has 0 spiro atoms. The first kappa shape index (κ1) is 12.0. The summed E-state index contributed by atoms with van der Waals surface area (Å²) < 4.78 is 3.84. The molecule has 0 N–H and O–H groups in total. The van der Waals surface area contributed by atoms with Crippen LogP contribution in [0, 0.1) is 0 Å². The summed E-state index contributed by atoms with van der Waals surface area (Å²) in [5.74, 6) is 0. The Kier molecular flexibility index (Phi) is 2.48. The van der Waals surface area contributed by atoms with Gasteiger partial charge in [-0.25, -0.2) is 0 Å². The van der Waals surface area contributed by atoms with Gasteiger partial charge in [-0.15, -0.1) is 0 Å². The fourth-order valence-corrected chi connectivity index (χ4v) is 3.54. The summed E-state index contributed by atoms with van der Waals surface area (Å²) in [5.41, 5.74) is 5.40. The second-order valence-corrected chi connectivity index (χ2v) is 5.98. The quantitative estimate of drug-likeness (QED) is 0.623. The van der Waals surface area contributed by atoms with Crippen LogP contribution in [0.2, 0.25) is 5.02 Å². The molecule has 0 bridgehead atoms. The van der Waals surface area contributed by atoms with E-state index in [0.29, 0.717) is 5.02 Å². The maximum Gasteiger partial charge on any atom is 0.275 e. The first-order valence-corrected chi connectivity index (χ1v) is 7.36. The highest BCUT2D eigenvalue weighted by Crippen LogP contribution is 2.28. The molecule has 4 rings (SSSR count). The molecule has 3 nitrogen and oxygen atoms in total. The zero-order valence-corrected chi connectivity index (χ0v) is 12.1. The minimum Gasteiger partial charge on any atom is -0.308 e. The molecule has 0 fully saturated rings. The lowest BCUT2D eigenvalue weighted by molar-refractivity contribution is 0.671. The van der Waals surface area contributed by atoms with Crippen molar-refractivity contribution in [3.8, 4) is 0 Å². The van der Waals surface area contributed by atoms with E-state index in [1.165, 1.54) is 24.1 Å². The Labute approximate surface area is 121 Å². The average molecular weight is 287 g/mol. The zero-order chi connectivity index (χ0) is 13.9. The standard InChI is InChI=1S/C16H15ClN2O/c1-18-13-7-6-11(17)9-14(13)19-12-5-3-2-4-10(12)8-15(19)16(18)20/h6-9H,2-5H2,1H3. The van der Waals surface area contributed by atoms with Crippen molar-refractivity contribution in [3.63, 3.8) is 0 Å². The number of halogens is 1. The van der Waals surface area contributed by atoms with Crippen molar-refractivity contribution in [1.29, 1.82) is 0 Å². The van der Waals surface area contributed by atoms with Crippen molar-refractivity contribution in [2.75, 3.05) is 0 Å². The third kappa shape index (κ3) is 1.50. The van der Waals surface area contributed by atoms with Crippen LogP contribution < -0.4 is 5.56 Å². The van der Waals surface area contributed by atoms with Crippen molar-refractivity contribution in [2.24, 2.45) is 7.05 Å². The van der Waals surface area contributed by atoms with Crippen LogP contribution in [0.5, 0.6) is 0 Å². The summed E-state index contributed by atoms with van der Waals surface area (Å²) in [7, 11) is 1.82. The van der Waals surface area contributed by atoms with Gasteiger partial charge in [-0.1, -0.05) is 11.6 Å². The molecule has 0 radical (unpaired) electrons. The van der Waals surface area contributed by atoms with Gasteiger partial charge in [0, 0.05) is 17.8 Å². The monoisotopic (exact) mass is 286 g/mol. The molecule has 1 aliphatic rings. The summed E-state index contributed by atoms with van der Waals surface area (Å²) in [6.45, 7) is 0. The van der Waals surface area contributed by atoms with Gasteiger partial charge in [0.1, 0.15) is 5.52 Å². The third-order valence-electron chi connectivity index (χ3n) is 4.37. The number of hydrogen-bond acceptors (Lipinski definition) is 1. The van der Waals surface area contributed by atoms with Crippen molar-refractivity contribution in [1.82, 2.24) is 8.97 Å². The van der Waals surface area contributed by atoms with E-state index in [9.17, 15) is 4.79 Å². The molecule has 20 heavy (non-hydrogen) atoms. The molecule has 2 aromatic heterocycles. The molecular formula is C16H15ClN2O. The number of aryl methyl sites for hydroxylation is 3. The molecule has 0 atom stereocenters. The number of aromatic nitrogens is 2. The number of hydrogen-bond donors (Lipinski definition) is 0. The van der Waals surface area contributed by atoms with Crippen LogP contribution in [-0.2, 0) is 19.9 Å². The van der Waals surface area contributed by atoms with Gasteiger partial charge >= 0.3 is 0 Å². The second-order valence-electron chi connectivity index (χ2n) is 5.54. The fraction of sp³-hybridized carbons (Fsp3) is 0.312. The van der Waals surface area contributed by atoms with E-state index in [2.05, 4.69) is 10.5 Å². The number of benzene rings is 1. The fourth-order valence-electron chi connectivity index (χ4n) is 3.37. The Balaban J connectivity index is 2.30. The Morgan fingerprint density at radius 2 is 1.85 bits per heavy atom. The summed E-state index contributed by atoms with van der Waals surface area (Å²) in [6.07, 6.45) is 4.51. The highest BCUT2D eigenvalue weighted by Gasteiger charge is 2.19. The predicted molar refractivity (Wildman–Crippen MR) is 81.8 cm³/mol. The SMILES string of the molecule is Cn1c(=O)c2cc3c(n2c2cc(Cl)ccc21)CCCC3. The number of fused-ring (bicyclic) bond motifs is 5. The van der Waals surface area contributed by atoms with Crippen LogP contribution in [0.3, 0.4) is 0 Å². The molecule has 2 heterocycles. The topological polar surface area (TPSA) is 26.4 Å². The van der Waals surface area contributed by atoms with Crippen molar-refractivity contribution in [2.45, 2.75) is 25.7 Å². The predicted octanol–water partition coefficient (Wildman–Crippen LogP) is 3.32. The van der Waals surface area contributed by atoms with Crippen molar-refractivity contribution in [3.05, 3.63) is 50.9 Å². The van der Waals surface area contributed by atoms with Crippen molar-refractivity contribution >= 4 is 28.2 Å². The second kappa shape index (κ2) is 4.13. The van der Waals surface area contributed by atoms with Crippen molar-refractivity contribution < 1.29 is 0 Å². The van der Waals surface area contributed by atoms with Crippen LogP contribution in [0.4, 0.5) is 0 Å². The van der Waals surface area contributed by atoms with Crippen LogP contribution in [0.1, 0.15) is 24.1 Å². The largest absolute Gasteiger partial charge is 0.308 e. The Hall–Kier alpha value is -1.74. The van der Waals surface area contributed by atoms with Crippen LogP contribution in [0.25, 0.3) is 16.6 Å². The molecule has 0 unspecified atom stereocenters. The lowest BCUT2D eigenvalue weighted by atomic mass is 9.98. The molecule has 0 amide bonds. The summed E-state index contributed by atoms with van der Waals surface area (Å²) in [6, 6.07) is 7.79. The molecule has 0 saturated heterocycles. The molecular weight excluding hydrogens is 272 g/mol. The average Bonchev–Trinajstić information content (AvgIpc) is 2.84. The first-order valence-electron chi connectivity index (χ1n) is 6.98. The third-order valence-corrected chi connectivity index (χ3v) is 4.60. The lowest BCUT2D eigenvalue weighted by Crippen LogP contribution is -2.20. The van der Waals surface area contributed by atoms with E-state index in [-0.39, 0.29) is 5.56 Å². The molecule has 1 aromatic carbocycles. The number of rotatable bonds is 0. The molecule has 102 valence electrons. The van der Waals surface area contributed by atoms with E-state index in [1.807, 2.05) is 25.2 Å². The van der Waals surface area contributed by atoms with E-state index in [4.69, 9.17) is 11.6 Å². The van der Waals surface area contributed by atoms with E-state index < -0.39 is 0 Å². The van der Waals surface area contributed by atoms with Crippen LogP contribution in [0.15, 0.2) is 29.1 Å². The van der Waals surface area contributed by atoms with Crippen LogP contribution in [-0.4, -0.2) is 8.97 Å². The molecule has 3 aromatic rings. The van der Waals surface area contributed by atoms with E-state index in [0.717, 1.165) is 29.4 Å². The van der Waals surface area contributed by atoms with Gasteiger partial charge in [0.05, 0.1) is 11.0 Å². The zero-order valence-electron chi connectivity index (χ0n) is 11.3. The highest BCUT2D eigenvalue weighted by molar-refractivity contribution is 6.31. The maximum atomic E-state index is 12.6. The van der Waals surface area contributed by atoms with Crippen LogP contribution >= 0.6 is 11.6 Å². The lowest BCUT2D eigenvalue weighted by Gasteiger charge is -2.14. The van der Waals surface area contributed by atoms with Gasteiger partial charge in [-0.2, -0.15) is 0 Å². The maximum absolute atomic E-state index is 12.6. The Morgan fingerprint density at radius 1 is 1.05 bits per heavy atom. The Morgan fingerprint density at radius 3 is 2.70 bits per heavy atom. The first-order chi connectivity index (χ1) is 9.66. The molecule has 0 saturated carbocycles. The minimum atomic E-state index is 0.0641. The van der Waals surface area contributed by atoms with Gasteiger partial charge in [0.2, 0.25) is 0 Å². The van der Waals surface area contributed by atoms with Gasteiger partial charge in [-0.05, 0) is 55.5 Å². The van der Waals surface area contributed by atoms with Gasteiger partial charge in [0.15, 0.2) is 0 Å². The minimum absolute atomic E-state index is 0.0641. The summed E-state index contributed by atoms with van der Waals surface area (Å²) in [4.78, 5) is 12.6. The van der Waals surface area contributed by atoms with E-state index >= 15 is 0 Å². The number of nitrogens with zero attached hydrogens (tertiary/aromatic N) is 2. The molecule has 0 aliphatic heterocycles. The molecule has 4 heteroatoms. The highest BCUT2D eigenvalue weighted by atomic mass is 35.5. The van der Waals surface area contributed by atoms with Gasteiger partial charge in [0.25, 0.3) is 5.56 Å². The van der Waals surface area contributed by atoms with Gasteiger partial charge < -0.3 is 8.97 Å². The van der Waals surface area contributed by atoms with Gasteiger partial charge in [-0.3, -0.25) is 4.79 Å². The summed E-state index contributed by atoms with van der Waals surface area (Å²) >= 11 is 6.16. The molecule has 1 aliphatic carbocycles. The smallest absolute Gasteiger partial charge is 0.275 e. The Bertz CT molecular complexity index is 904. The summed E-state index contributed by atoms with van der Waals surface area (Å²) in [5, 5.41) is 0.704. The van der Waals surface area contributed by atoms with E-state index in [1.54, 1.807) is 4.57 Å². The normalized spacial score (nSPS) is 14.9.